The van der Waals surface area contributed by atoms with Crippen LogP contribution in [0.3, 0.4) is 0 Å². The van der Waals surface area contributed by atoms with Gasteiger partial charge in [-0.15, -0.1) is 0 Å². The van der Waals surface area contributed by atoms with Crippen molar-refractivity contribution in [1.29, 1.82) is 0 Å². The van der Waals surface area contributed by atoms with Crippen molar-refractivity contribution in [3.8, 4) is 0 Å². The van der Waals surface area contributed by atoms with Crippen molar-refractivity contribution in [3.05, 3.63) is 0 Å². The zero-order valence-electron chi connectivity index (χ0n) is 9.84. The van der Waals surface area contributed by atoms with E-state index >= 15 is 0 Å². The molecule has 0 radical (unpaired) electrons. The van der Waals surface area contributed by atoms with Crippen molar-refractivity contribution in [1.82, 2.24) is 4.90 Å². The molecular weight excluding hydrogens is 162 g/mol. The quantitative estimate of drug-likeness (QED) is 0.607. The van der Waals surface area contributed by atoms with Crippen molar-refractivity contribution in [3.63, 3.8) is 0 Å². The van der Waals surface area contributed by atoms with Crippen LogP contribution >= 0.6 is 0 Å². The first kappa shape index (κ1) is 12.9. The molecule has 80 valence electrons. The topological polar surface area (TPSA) is 12.5 Å². The van der Waals surface area contributed by atoms with E-state index in [-0.39, 0.29) is 0 Å². The third-order valence-electron chi connectivity index (χ3n) is 2.31. The molecule has 0 atom stereocenters. The zero-order chi connectivity index (χ0) is 10.3. The first-order valence-electron chi connectivity index (χ1n) is 5.31. The molecule has 0 aliphatic heterocycles. The molecule has 0 fully saturated rings. The van der Waals surface area contributed by atoms with Crippen LogP contribution in [-0.2, 0) is 4.74 Å². The fourth-order valence-corrected chi connectivity index (χ4v) is 1.26. The average Bonchev–Trinajstić information content (AvgIpc) is 2.03. The van der Waals surface area contributed by atoms with Gasteiger partial charge in [0.1, 0.15) is 0 Å². The summed E-state index contributed by atoms with van der Waals surface area (Å²) < 4.78 is 5.09. The molecular formula is C11H25NO. The van der Waals surface area contributed by atoms with E-state index in [4.69, 9.17) is 4.74 Å². The monoisotopic (exact) mass is 187 g/mol. The van der Waals surface area contributed by atoms with Crippen LogP contribution < -0.4 is 0 Å². The summed E-state index contributed by atoms with van der Waals surface area (Å²) in [6.07, 6.45) is 1.28. The van der Waals surface area contributed by atoms with Crippen LogP contribution in [-0.4, -0.2) is 37.7 Å². The molecule has 0 bridgehead atoms. The summed E-state index contributed by atoms with van der Waals surface area (Å²) in [6, 6.07) is 0.633. The predicted octanol–water partition coefficient (Wildman–Crippen LogP) is 2.39. The van der Waals surface area contributed by atoms with Crippen LogP contribution in [0, 0.1) is 5.92 Å². The number of nitrogens with zero attached hydrogens (tertiary/aromatic N) is 1. The highest BCUT2D eigenvalue weighted by atomic mass is 16.5. The van der Waals surface area contributed by atoms with Crippen LogP contribution in [0.4, 0.5) is 0 Å². The second kappa shape index (κ2) is 7.34. The minimum atomic E-state index is 0.633. The molecule has 0 heterocycles. The van der Waals surface area contributed by atoms with Gasteiger partial charge >= 0.3 is 0 Å². The standard InChI is InChI=1S/C11H25NO/c1-10(2)6-7-12(11(3)4)8-9-13-5/h10-11H,6-9H2,1-5H3. The Balaban J connectivity index is 3.67. The van der Waals surface area contributed by atoms with Gasteiger partial charge in [-0.05, 0) is 32.7 Å². The minimum absolute atomic E-state index is 0.633. The van der Waals surface area contributed by atoms with Crippen molar-refractivity contribution >= 4 is 0 Å². The lowest BCUT2D eigenvalue weighted by atomic mass is 10.1. The Morgan fingerprint density at radius 1 is 1.08 bits per heavy atom. The fourth-order valence-electron chi connectivity index (χ4n) is 1.26. The van der Waals surface area contributed by atoms with Crippen LogP contribution in [0.15, 0.2) is 0 Å². The Bertz CT molecular complexity index is 113. The molecule has 0 N–H and O–H groups in total. The zero-order valence-corrected chi connectivity index (χ0v) is 9.84. The average molecular weight is 187 g/mol. The Hall–Kier alpha value is -0.0800. The molecule has 0 aliphatic carbocycles. The van der Waals surface area contributed by atoms with Crippen molar-refractivity contribution < 1.29 is 4.74 Å². The van der Waals surface area contributed by atoms with E-state index in [1.165, 1.54) is 13.0 Å². The largest absolute Gasteiger partial charge is 0.383 e. The van der Waals surface area contributed by atoms with Gasteiger partial charge in [-0.25, -0.2) is 0 Å². The molecule has 0 spiro atoms. The third-order valence-corrected chi connectivity index (χ3v) is 2.31. The van der Waals surface area contributed by atoms with Gasteiger partial charge in [0.2, 0.25) is 0 Å². The lowest BCUT2D eigenvalue weighted by molar-refractivity contribution is 0.126. The van der Waals surface area contributed by atoms with Gasteiger partial charge in [0.15, 0.2) is 0 Å². The first-order chi connectivity index (χ1) is 6.07. The highest BCUT2D eigenvalue weighted by Gasteiger charge is 2.08. The van der Waals surface area contributed by atoms with E-state index in [1.54, 1.807) is 7.11 Å². The third kappa shape index (κ3) is 7.03. The van der Waals surface area contributed by atoms with Gasteiger partial charge in [-0.3, -0.25) is 4.90 Å². The maximum Gasteiger partial charge on any atom is 0.0589 e. The van der Waals surface area contributed by atoms with Crippen molar-refractivity contribution in [2.24, 2.45) is 5.92 Å². The SMILES string of the molecule is COCCN(CCC(C)C)C(C)C. The van der Waals surface area contributed by atoms with Gasteiger partial charge < -0.3 is 4.74 Å². The van der Waals surface area contributed by atoms with Crippen LogP contribution in [0.2, 0.25) is 0 Å². The number of hydrogen-bond acceptors (Lipinski definition) is 2. The minimum Gasteiger partial charge on any atom is -0.383 e. The van der Waals surface area contributed by atoms with Crippen molar-refractivity contribution in [2.45, 2.75) is 40.2 Å². The highest BCUT2D eigenvalue weighted by Crippen LogP contribution is 2.05. The summed E-state index contributed by atoms with van der Waals surface area (Å²) >= 11 is 0. The molecule has 0 aliphatic rings. The number of hydrogen-bond donors (Lipinski definition) is 0. The normalized spacial score (nSPS) is 12.0. The molecule has 0 aromatic rings. The Morgan fingerprint density at radius 2 is 1.69 bits per heavy atom. The lowest BCUT2D eigenvalue weighted by Gasteiger charge is -2.26. The molecule has 0 aromatic heterocycles. The summed E-state index contributed by atoms with van der Waals surface area (Å²) in [5, 5.41) is 0. The maximum atomic E-state index is 5.09. The fraction of sp³-hybridized carbons (Fsp3) is 1.00. The van der Waals surface area contributed by atoms with Gasteiger partial charge in [-0.2, -0.15) is 0 Å². The second-order valence-corrected chi connectivity index (χ2v) is 4.31. The van der Waals surface area contributed by atoms with E-state index in [0.717, 1.165) is 19.1 Å². The summed E-state index contributed by atoms with van der Waals surface area (Å²) in [4.78, 5) is 2.48. The van der Waals surface area contributed by atoms with Crippen molar-refractivity contribution in [2.75, 3.05) is 26.8 Å². The second-order valence-electron chi connectivity index (χ2n) is 4.31. The Kier molecular flexibility index (Phi) is 7.29. The summed E-state index contributed by atoms with van der Waals surface area (Å²) in [6.45, 7) is 12.1. The van der Waals surface area contributed by atoms with Crippen LogP contribution in [0.25, 0.3) is 0 Å². The summed E-state index contributed by atoms with van der Waals surface area (Å²) in [5.41, 5.74) is 0. The molecule has 0 rings (SSSR count). The number of methoxy groups -OCH3 is 1. The number of rotatable bonds is 7. The molecule has 0 amide bonds. The van der Waals surface area contributed by atoms with E-state index in [2.05, 4.69) is 32.6 Å². The van der Waals surface area contributed by atoms with Gasteiger partial charge in [0.05, 0.1) is 6.61 Å². The highest BCUT2D eigenvalue weighted by molar-refractivity contribution is 4.63. The van der Waals surface area contributed by atoms with E-state index in [9.17, 15) is 0 Å². The summed E-state index contributed by atoms with van der Waals surface area (Å²) in [7, 11) is 1.76. The number of ether oxygens (including phenoxy) is 1. The molecule has 13 heavy (non-hydrogen) atoms. The first-order valence-corrected chi connectivity index (χ1v) is 5.31. The van der Waals surface area contributed by atoms with E-state index < -0.39 is 0 Å². The van der Waals surface area contributed by atoms with Crippen LogP contribution in [0.1, 0.15) is 34.1 Å². The van der Waals surface area contributed by atoms with Gasteiger partial charge in [-0.1, -0.05) is 13.8 Å². The molecule has 0 saturated heterocycles. The van der Waals surface area contributed by atoms with Crippen LogP contribution in [0.5, 0.6) is 0 Å². The van der Waals surface area contributed by atoms with Gasteiger partial charge in [0.25, 0.3) is 0 Å². The molecule has 0 saturated carbocycles. The Labute approximate surface area is 83.3 Å². The van der Waals surface area contributed by atoms with Gasteiger partial charge in [0, 0.05) is 19.7 Å². The summed E-state index contributed by atoms with van der Waals surface area (Å²) in [5.74, 6) is 0.795. The molecule has 2 nitrogen and oxygen atoms in total. The maximum absolute atomic E-state index is 5.09. The predicted molar refractivity (Wildman–Crippen MR) is 58.0 cm³/mol. The molecule has 0 aromatic carbocycles. The molecule has 2 heteroatoms. The lowest BCUT2D eigenvalue weighted by Crippen LogP contribution is -2.35. The van der Waals surface area contributed by atoms with E-state index in [0.29, 0.717) is 6.04 Å². The Morgan fingerprint density at radius 3 is 2.08 bits per heavy atom. The smallest absolute Gasteiger partial charge is 0.0589 e. The molecule has 0 unspecified atom stereocenters. The van der Waals surface area contributed by atoms with E-state index in [1.807, 2.05) is 0 Å².